The van der Waals surface area contributed by atoms with Crippen LogP contribution in [-0.2, 0) is 11.3 Å². The Morgan fingerprint density at radius 2 is 2.12 bits per heavy atom. The maximum Gasteiger partial charge on any atom is 0.411 e. The number of aryl methyl sites for hydroxylation is 1. The van der Waals surface area contributed by atoms with Gasteiger partial charge in [-0.1, -0.05) is 13.8 Å². The summed E-state index contributed by atoms with van der Waals surface area (Å²) in [6.45, 7) is 3.62. The Labute approximate surface area is 98.6 Å². The van der Waals surface area contributed by atoms with Crippen LogP contribution >= 0.6 is 0 Å². The van der Waals surface area contributed by atoms with Gasteiger partial charge >= 0.3 is 6.18 Å². The van der Waals surface area contributed by atoms with Crippen LogP contribution < -0.4 is 0 Å². The second kappa shape index (κ2) is 6.05. The lowest BCUT2D eigenvalue weighted by Gasteiger charge is -2.11. The minimum atomic E-state index is -4.24. The second-order valence-corrected chi connectivity index (χ2v) is 4.15. The second-order valence-electron chi connectivity index (χ2n) is 4.15. The van der Waals surface area contributed by atoms with Gasteiger partial charge in [0.2, 0.25) is 0 Å². The SMILES string of the molecule is CC(C)c1nccn1CCCOCC(F)(F)F. The summed E-state index contributed by atoms with van der Waals surface area (Å²) in [6.07, 6.45) is -0.157. The van der Waals surface area contributed by atoms with Crippen molar-refractivity contribution >= 4 is 0 Å². The smallest absolute Gasteiger partial charge is 0.372 e. The molecule has 0 spiro atoms. The van der Waals surface area contributed by atoms with E-state index in [0.717, 1.165) is 5.82 Å². The van der Waals surface area contributed by atoms with Crippen molar-refractivity contribution in [3.8, 4) is 0 Å². The summed E-state index contributed by atoms with van der Waals surface area (Å²) >= 11 is 0. The molecule has 0 aromatic carbocycles. The van der Waals surface area contributed by atoms with E-state index in [1.807, 2.05) is 24.6 Å². The van der Waals surface area contributed by atoms with E-state index < -0.39 is 12.8 Å². The molecule has 0 atom stereocenters. The molecule has 0 aliphatic carbocycles. The number of rotatable bonds is 6. The van der Waals surface area contributed by atoms with Crippen LogP contribution in [-0.4, -0.2) is 28.9 Å². The lowest BCUT2D eigenvalue weighted by Crippen LogP contribution is -2.18. The zero-order chi connectivity index (χ0) is 12.9. The van der Waals surface area contributed by atoms with Crippen molar-refractivity contribution in [1.82, 2.24) is 9.55 Å². The minimum absolute atomic E-state index is 0.106. The molecular weight excluding hydrogens is 233 g/mol. The molecule has 0 bridgehead atoms. The maximum atomic E-state index is 11.8. The standard InChI is InChI=1S/C11H17F3N2O/c1-9(2)10-15-4-6-16(10)5-3-7-17-8-11(12,13)14/h4,6,9H,3,5,7-8H2,1-2H3. The average molecular weight is 250 g/mol. The maximum absolute atomic E-state index is 11.8. The van der Waals surface area contributed by atoms with Gasteiger partial charge in [0, 0.05) is 31.5 Å². The zero-order valence-electron chi connectivity index (χ0n) is 10.00. The quantitative estimate of drug-likeness (QED) is 0.726. The van der Waals surface area contributed by atoms with Gasteiger partial charge in [0.25, 0.3) is 0 Å². The molecule has 1 aromatic rings. The summed E-state index contributed by atoms with van der Waals surface area (Å²) in [4.78, 5) is 4.20. The van der Waals surface area contributed by atoms with Crippen LogP contribution in [0, 0.1) is 0 Å². The topological polar surface area (TPSA) is 27.1 Å². The molecule has 0 unspecified atom stereocenters. The fourth-order valence-electron chi connectivity index (χ4n) is 1.54. The van der Waals surface area contributed by atoms with Crippen LogP contribution in [0.25, 0.3) is 0 Å². The van der Waals surface area contributed by atoms with Gasteiger partial charge < -0.3 is 9.30 Å². The highest BCUT2D eigenvalue weighted by Crippen LogP contribution is 2.15. The van der Waals surface area contributed by atoms with Crippen molar-refractivity contribution in [2.45, 2.75) is 38.9 Å². The first-order chi connectivity index (χ1) is 7.90. The molecule has 0 radical (unpaired) electrons. The van der Waals surface area contributed by atoms with E-state index in [2.05, 4.69) is 9.72 Å². The van der Waals surface area contributed by atoms with E-state index in [-0.39, 0.29) is 6.61 Å². The fraction of sp³-hybridized carbons (Fsp3) is 0.727. The number of aromatic nitrogens is 2. The van der Waals surface area contributed by atoms with Gasteiger partial charge in [0.1, 0.15) is 12.4 Å². The Bertz CT molecular complexity index is 334. The molecule has 0 saturated heterocycles. The fourth-order valence-corrected chi connectivity index (χ4v) is 1.54. The molecule has 0 aliphatic rings. The molecule has 3 nitrogen and oxygen atoms in total. The van der Waals surface area contributed by atoms with E-state index in [4.69, 9.17) is 0 Å². The van der Waals surface area contributed by atoms with E-state index in [9.17, 15) is 13.2 Å². The predicted octanol–water partition coefficient (Wildman–Crippen LogP) is 2.98. The zero-order valence-corrected chi connectivity index (χ0v) is 10.00. The van der Waals surface area contributed by atoms with Gasteiger partial charge in [-0.15, -0.1) is 0 Å². The number of nitrogens with zero attached hydrogens (tertiary/aromatic N) is 2. The Morgan fingerprint density at radius 1 is 1.41 bits per heavy atom. The molecule has 6 heteroatoms. The number of hydrogen-bond acceptors (Lipinski definition) is 2. The Kier molecular flexibility index (Phi) is 4.99. The largest absolute Gasteiger partial charge is 0.411 e. The Hall–Kier alpha value is -1.04. The molecule has 0 aliphatic heterocycles. The van der Waals surface area contributed by atoms with Crippen molar-refractivity contribution < 1.29 is 17.9 Å². The third kappa shape index (κ3) is 5.21. The summed E-state index contributed by atoms with van der Waals surface area (Å²) in [6, 6.07) is 0. The van der Waals surface area contributed by atoms with Gasteiger partial charge in [0.05, 0.1) is 0 Å². The molecular formula is C11H17F3N2O. The molecule has 98 valence electrons. The van der Waals surface area contributed by atoms with E-state index >= 15 is 0 Å². The Balaban J connectivity index is 2.25. The number of halogens is 3. The summed E-state index contributed by atoms with van der Waals surface area (Å²) in [5, 5.41) is 0. The molecule has 0 N–H and O–H groups in total. The summed E-state index contributed by atoms with van der Waals surface area (Å²) in [5.74, 6) is 1.25. The Morgan fingerprint density at radius 3 is 2.71 bits per heavy atom. The van der Waals surface area contributed by atoms with Crippen LogP contribution in [0.1, 0.15) is 32.0 Å². The summed E-state index contributed by atoms with van der Waals surface area (Å²) < 4.78 is 41.8. The summed E-state index contributed by atoms with van der Waals surface area (Å²) in [5.41, 5.74) is 0. The monoisotopic (exact) mass is 250 g/mol. The van der Waals surface area contributed by atoms with Gasteiger partial charge in [0.15, 0.2) is 0 Å². The number of imidazole rings is 1. The average Bonchev–Trinajstić information content (AvgIpc) is 2.63. The van der Waals surface area contributed by atoms with Gasteiger partial charge in [-0.05, 0) is 6.42 Å². The number of ether oxygens (including phenoxy) is 1. The highest BCUT2D eigenvalue weighted by molar-refractivity contribution is 4.97. The molecule has 1 heterocycles. The van der Waals surface area contributed by atoms with Crippen LogP contribution in [0.15, 0.2) is 12.4 Å². The van der Waals surface area contributed by atoms with E-state index in [1.165, 1.54) is 0 Å². The molecule has 1 aromatic heterocycles. The van der Waals surface area contributed by atoms with Crippen LogP contribution in [0.5, 0.6) is 0 Å². The highest BCUT2D eigenvalue weighted by atomic mass is 19.4. The third-order valence-corrected chi connectivity index (χ3v) is 2.22. The molecule has 0 saturated carbocycles. The first kappa shape index (κ1) is 14.0. The first-order valence-corrected chi connectivity index (χ1v) is 5.55. The highest BCUT2D eigenvalue weighted by Gasteiger charge is 2.27. The van der Waals surface area contributed by atoms with Crippen molar-refractivity contribution in [3.63, 3.8) is 0 Å². The van der Waals surface area contributed by atoms with E-state index in [1.54, 1.807) is 6.20 Å². The summed E-state index contributed by atoms with van der Waals surface area (Å²) in [7, 11) is 0. The normalized spacial score (nSPS) is 12.4. The first-order valence-electron chi connectivity index (χ1n) is 5.55. The van der Waals surface area contributed by atoms with E-state index in [0.29, 0.717) is 18.9 Å². The molecule has 17 heavy (non-hydrogen) atoms. The lowest BCUT2D eigenvalue weighted by atomic mass is 10.2. The van der Waals surface area contributed by atoms with Crippen LogP contribution in [0.2, 0.25) is 0 Å². The van der Waals surface area contributed by atoms with Crippen LogP contribution in [0.4, 0.5) is 13.2 Å². The third-order valence-electron chi connectivity index (χ3n) is 2.22. The van der Waals surface area contributed by atoms with Crippen LogP contribution in [0.3, 0.4) is 0 Å². The van der Waals surface area contributed by atoms with Crippen molar-refractivity contribution in [3.05, 3.63) is 18.2 Å². The van der Waals surface area contributed by atoms with Gasteiger partial charge in [-0.25, -0.2) is 4.98 Å². The predicted molar refractivity (Wildman–Crippen MR) is 57.8 cm³/mol. The van der Waals surface area contributed by atoms with Gasteiger partial charge in [-0.3, -0.25) is 0 Å². The minimum Gasteiger partial charge on any atom is -0.372 e. The van der Waals surface area contributed by atoms with Gasteiger partial charge in [-0.2, -0.15) is 13.2 Å². The van der Waals surface area contributed by atoms with Crippen molar-refractivity contribution in [2.24, 2.45) is 0 Å². The number of alkyl halides is 3. The molecule has 0 fully saturated rings. The van der Waals surface area contributed by atoms with Crippen molar-refractivity contribution in [2.75, 3.05) is 13.2 Å². The molecule has 1 rings (SSSR count). The molecule has 0 amide bonds. The number of hydrogen-bond donors (Lipinski definition) is 0. The lowest BCUT2D eigenvalue weighted by molar-refractivity contribution is -0.174. The van der Waals surface area contributed by atoms with Crippen molar-refractivity contribution in [1.29, 1.82) is 0 Å².